The molecule has 0 unspecified atom stereocenters. The third-order valence-electron chi connectivity index (χ3n) is 4.28. The predicted octanol–water partition coefficient (Wildman–Crippen LogP) is 4.37. The van der Waals surface area contributed by atoms with E-state index in [2.05, 4.69) is 5.32 Å². The highest BCUT2D eigenvalue weighted by molar-refractivity contribution is 7.80. The Balaban J connectivity index is 1.63. The van der Waals surface area contributed by atoms with E-state index < -0.39 is 0 Å². The zero-order chi connectivity index (χ0) is 18.4. The van der Waals surface area contributed by atoms with Gasteiger partial charge in [0.05, 0.1) is 13.2 Å². The number of ether oxygens (including phenoxy) is 3. The van der Waals surface area contributed by atoms with E-state index in [0.717, 1.165) is 37.1 Å². The molecule has 0 bridgehead atoms. The third-order valence-corrected chi connectivity index (χ3v) is 5.03. The maximum Gasteiger partial charge on any atom is 0.161 e. The van der Waals surface area contributed by atoms with Gasteiger partial charge >= 0.3 is 0 Å². The summed E-state index contributed by atoms with van der Waals surface area (Å²) in [5, 5.41) is 3.95. The molecule has 1 aliphatic heterocycles. The molecule has 0 spiro atoms. The summed E-state index contributed by atoms with van der Waals surface area (Å²) in [4.78, 5) is 0.677. The molecule has 6 heteroatoms. The Morgan fingerprint density at radius 2 is 2.12 bits per heavy atom. The van der Waals surface area contributed by atoms with E-state index in [4.69, 9.17) is 38.0 Å². The van der Waals surface area contributed by atoms with E-state index in [1.54, 1.807) is 7.11 Å². The minimum atomic E-state index is 0.244. The monoisotopic (exact) mass is 391 g/mol. The summed E-state index contributed by atoms with van der Waals surface area (Å²) < 4.78 is 16.9. The van der Waals surface area contributed by atoms with Crippen LogP contribution >= 0.6 is 23.8 Å². The van der Waals surface area contributed by atoms with Crippen LogP contribution in [0.1, 0.15) is 24.0 Å². The van der Waals surface area contributed by atoms with Crippen molar-refractivity contribution in [2.75, 3.05) is 20.3 Å². The van der Waals surface area contributed by atoms with Gasteiger partial charge in [-0.05, 0) is 37.1 Å². The molecule has 0 aromatic heterocycles. The van der Waals surface area contributed by atoms with Crippen LogP contribution in [0.5, 0.6) is 11.5 Å². The molecule has 138 valence electrons. The Kier molecular flexibility index (Phi) is 6.72. The molecule has 0 saturated carbocycles. The number of halogens is 1. The molecule has 0 amide bonds. The zero-order valence-corrected chi connectivity index (χ0v) is 16.2. The highest BCUT2D eigenvalue weighted by Crippen LogP contribution is 2.29. The quantitative estimate of drug-likeness (QED) is 0.709. The Morgan fingerprint density at radius 1 is 1.27 bits per heavy atom. The second-order valence-corrected chi connectivity index (χ2v) is 6.91. The summed E-state index contributed by atoms with van der Waals surface area (Å²) in [6, 6.07) is 13.3. The maximum absolute atomic E-state index is 6.17. The minimum Gasteiger partial charge on any atom is -0.493 e. The van der Waals surface area contributed by atoms with Crippen LogP contribution in [0, 0.1) is 0 Å². The topological polar surface area (TPSA) is 39.7 Å². The Labute approximate surface area is 164 Å². The molecule has 1 fully saturated rings. The smallest absolute Gasteiger partial charge is 0.161 e. The number of hydrogen-bond acceptors (Lipinski definition) is 4. The normalized spacial score (nSPS) is 16.3. The van der Waals surface area contributed by atoms with Crippen molar-refractivity contribution in [3.63, 3.8) is 0 Å². The fourth-order valence-corrected chi connectivity index (χ4v) is 3.21. The lowest BCUT2D eigenvalue weighted by atomic mass is 10.2. The average Bonchev–Trinajstić information content (AvgIpc) is 3.19. The van der Waals surface area contributed by atoms with Crippen molar-refractivity contribution < 1.29 is 14.2 Å². The Morgan fingerprint density at radius 3 is 2.85 bits per heavy atom. The Bertz CT molecular complexity index is 762. The third kappa shape index (κ3) is 4.87. The summed E-state index contributed by atoms with van der Waals surface area (Å²) in [5.74, 6) is 1.29. The molecule has 26 heavy (non-hydrogen) atoms. The van der Waals surface area contributed by atoms with Crippen LogP contribution in [0.25, 0.3) is 0 Å². The van der Waals surface area contributed by atoms with Crippen molar-refractivity contribution >= 4 is 28.8 Å². The molecular weight excluding hydrogens is 370 g/mol. The van der Waals surface area contributed by atoms with Gasteiger partial charge in [-0.1, -0.05) is 42.0 Å². The van der Waals surface area contributed by atoms with Gasteiger partial charge in [-0.2, -0.15) is 0 Å². The maximum atomic E-state index is 6.17. The Hall–Kier alpha value is -1.82. The summed E-state index contributed by atoms with van der Waals surface area (Å²) >= 11 is 11.7. The molecule has 1 N–H and O–H groups in total. The summed E-state index contributed by atoms with van der Waals surface area (Å²) in [6.07, 6.45) is 2.44. The highest BCUT2D eigenvalue weighted by atomic mass is 35.5. The van der Waals surface area contributed by atoms with Crippen LogP contribution in [0.2, 0.25) is 5.02 Å². The summed E-state index contributed by atoms with van der Waals surface area (Å²) in [7, 11) is 1.62. The molecular formula is C20H22ClNO3S. The van der Waals surface area contributed by atoms with Crippen LogP contribution in [-0.4, -0.2) is 31.4 Å². The van der Waals surface area contributed by atoms with Gasteiger partial charge in [0.15, 0.2) is 11.5 Å². The molecule has 2 aromatic carbocycles. The molecule has 2 aromatic rings. The molecule has 0 aliphatic carbocycles. The SMILES string of the molecule is COc1cc(C(=S)NC[C@@H]2CCCO2)ccc1OCc1ccccc1Cl. The highest BCUT2D eigenvalue weighted by Gasteiger charge is 2.16. The van der Waals surface area contributed by atoms with Crippen molar-refractivity contribution in [2.24, 2.45) is 0 Å². The number of nitrogens with one attached hydrogen (secondary N) is 1. The van der Waals surface area contributed by atoms with E-state index in [9.17, 15) is 0 Å². The minimum absolute atomic E-state index is 0.244. The van der Waals surface area contributed by atoms with Crippen LogP contribution < -0.4 is 14.8 Å². The summed E-state index contributed by atoms with van der Waals surface area (Å²) in [5.41, 5.74) is 1.81. The predicted molar refractivity (Wildman–Crippen MR) is 107 cm³/mol. The zero-order valence-electron chi connectivity index (χ0n) is 14.7. The average molecular weight is 392 g/mol. The molecule has 1 saturated heterocycles. The second-order valence-electron chi connectivity index (χ2n) is 6.09. The van der Waals surface area contributed by atoms with E-state index in [-0.39, 0.29) is 6.10 Å². The van der Waals surface area contributed by atoms with Crippen molar-refractivity contribution in [1.82, 2.24) is 5.32 Å². The van der Waals surface area contributed by atoms with E-state index in [1.165, 1.54) is 0 Å². The second kappa shape index (κ2) is 9.21. The van der Waals surface area contributed by atoms with Gasteiger partial charge in [0.25, 0.3) is 0 Å². The number of thiocarbonyl (C=S) groups is 1. The van der Waals surface area contributed by atoms with Gasteiger partial charge in [0, 0.05) is 29.3 Å². The molecule has 1 heterocycles. The van der Waals surface area contributed by atoms with E-state index in [0.29, 0.717) is 28.1 Å². The first-order valence-electron chi connectivity index (χ1n) is 8.61. The van der Waals surface area contributed by atoms with Gasteiger partial charge in [0.1, 0.15) is 11.6 Å². The van der Waals surface area contributed by atoms with Gasteiger partial charge in [-0.25, -0.2) is 0 Å². The van der Waals surface area contributed by atoms with Crippen LogP contribution in [0.3, 0.4) is 0 Å². The first kappa shape index (κ1) is 19.0. The lowest BCUT2D eigenvalue weighted by Gasteiger charge is -2.15. The molecule has 1 atom stereocenters. The van der Waals surface area contributed by atoms with Crippen LogP contribution in [-0.2, 0) is 11.3 Å². The van der Waals surface area contributed by atoms with E-state index in [1.807, 2.05) is 42.5 Å². The summed E-state index contributed by atoms with van der Waals surface area (Å²) in [6.45, 7) is 1.94. The van der Waals surface area contributed by atoms with Gasteiger partial charge < -0.3 is 19.5 Å². The first-order chi connectivity index (χ1) is 12.7. The van der Waals surface area contributed by atoms with Crippen molar-refractivity contribution in [3.8, 4) is 11.5 Å². The van der Waals surface area contributed by atoms with Crippen molar-refractivity contribution in [3.05, 3.63) is 58.6 Å². The van der Waals surface area contributed by atoms with Gasteiger partial charge in [-0.15, -0.1) is 0 Å². The first-order valence-corrected chi connectivity index (χ1v) is 9.40. The number of hydrogen-bond donors (Lipinski definition) is 1. The fourth-order valence-electron chi connectivity index (χ4n) is 2.81. The van der Waals surface area contributed by atoms with Crippen LogP contribution in [0.15, 0.2) is 42.5 Å². The van der Waals surface area contributed by atoms with Crippen molar-refractivity contribution in [2.45, 2.75) is 25.6 Å². The van der Waals surface area contributed by atoms with E-state index >= 15 is 0 Å². The molecule has 1 aliphatic rings. The number of rotatable bonds is 7. The van der Waals surface area contributed by atoms with Gasteiger partial charge in [0.2, 0.25) is 0 Å². The molecule has 0 radical (unpaired) electrons. The van der Waals surface area contributed by atoms with Crippen LogP contribution in [0.4, 0.5) is 0 Å². The standard InChI is InChI=1S/C20H22ClNO3S/c1-23-19-11-14(20(26)22-12-16-6-4-10-24-16)8-9-18(19)25-13-15-5-2-3-7-17(15)21/h2-3,5,7-9,11,16H,4,6,10,12-13H2,1H3,(H,22,26)/t16-/m0/s1. The molecule has 4 nitrogen and oxygen atoms in total. The number of benzene rings is 2. The largest absolute Gasteiger partial charge is 0.493 e. The van der Waals surface area contributed by atoms with Crippen molar-refractivity contribution in [1.29, 1.82) is 0 Å². The molecule has 3 rings (SSSR count). The fraction of sp³-hybridized carbons (Fsp3) is 0.350. The lowest BCUT2D eigenvalue weighted by Crippen LogP contribution is -2.31. The lowest BCUT2D eigenvalue weighted by molar-refractivity contribution is 0.114. The van der Waals surface area contributed by atoms with Gasteiger partial charge in [-0.3, -0.25) is 0 Å². The number of methoxy groups -OCH3 is 1.